The number of aliphatic hydroxyl groups excluding tert-OH is 1. The van der Waals surface area contributed by atoms with E-state index in [1.165, 1.54) is 22.2 Å². The Hall–Kier alpha value is -1.62. The van der Waals surface area contributed by atoms with E-state index in [2.05, 4.69) is 5.10 Å². The Morgan fingerprint density at radius 3 is 2.79 bits per heavy atom. The maximum atomic E-state index is 13.3. The van der Waals surface area contributed by atoms with E-state index in [-0.39, 0.29) is 19.4 Å². The van der Waals surface area contributed by atoms with Gasteiger partial charge in [-0.2, -0.15) is 18.3 Å². The summed E-state index contributed by atoms with van der Waals surface area (Å²) < 4.78 is 48.0. The van der Waals surface area contributed by atoms with E-state index in [1.807, 2.05) is 0 Å². The molecular formula is C18H19ClF3N3O3S. The van der Waals surface area contributed by atoms with Crippen molar-refractivity contribution >= 4 is 28.8 Å². The molecule has 29 heavy (non-hydrogen) atoms. The maximum Gasteiger partial charge on any atom is 0.471 e. The number of hydrogen-bond acceptors (Lipinski definition) is 5. The third-order valence-corrected chi connectivity index (χ3v) is 7.03. The molecule has 2 aliphatic rings. The molecule has 4 heterocycles. The Morgan fingerprint density at radius 2 is 2.17 bits per heavy atom. The zero-order valence-electron chi connectivity index (χ0n) is 15.6. The second-order valence-corrected chi connectivity index (χ2v) is 9.27. The molecule has 2 aromatic rings. The fourth-order valence-electron chi connectivity index (χ4n) is 4.43. The highest BCUT2D eigenvalue weighted by molar-refractivity contribution is 7.16. The fourth-order valence-corrected chi connectivity index (χ4v) is 5.88. The number of aliphatic hydroxyl groups is 1. The van der Waals surface area contributed by atoms with Gasteiger partial charge in [-0.3, -0.25) is 9.48 Å². The van der Waals surface area contributed by atoms with E-state index in [9.17, 15) is 23.1 Å². The third-order valence-electron chi connectivity index (χ3n) is 5.57. The number of hydrogen-bond donors (Lipinski definition) is 1. The molecule has 1 amide bonds. The summed E-state index contributed by atoms with van der Waals surface area (Å²) in [4.78, 5) is 13.9. The predicted molar refractivity (Wildman–Crippen MR) is 99.5 cm³/mol. The number of halogens is 4. The molecule has 0 saturated carbocycles. The predicted octanol–water partition coefficient (Wildman–Crippen LogP) is 3.71. The molecule has 0 radical (unpaired) electrons. The Kier molecular flexibility index (Phi) is 4.96. The second kappa shape index (κ2) is 6.97. The lowest BCUT2D eigenvalue weighted by Crippen LogP contribution is -2.56. The summed E-state index contributed by atoms with van der Waals surface area (Å²) in [5.41, 5.74) is 0.197. The number of alkyl halides is 3. The van der Waals surface area contributed by atoms with Gasteiger partial charge in [0, 0.05) is 48.1 Å². The molecule has 4 atom stereocenters. The molecule has 6 nitrogen and oxygen atoms in total. The monoisotopic (exact) mass is 449 g/mol. The van der Waals surface area contributed by atoms with Gasteiger partial charge in [-0.25, -0.2) is 0 Å². The lowest BCUT2D eigenvalue weighted by Gasteiger charge is -2.51. The average molecular weight is 450 g/mol. The van der Waals surface area contributed by atoms with Gasteiger partial charge in [0.15, 0.2) is 0 Å². The Balaban J connectivity index is 1.81. The van der Waals surface area contributed by atoms with Crippen LogP contribution in [0.1, 0.15) is 47.9 Å². The van der Waals surface area contributed by atoms with Crippen molar-refractivity contribution in [3.05, 3.63) is 38.8 Å². The standard InChI is InChI=1S/C18H19ClF3N3O3S/c1-9-4-17(15-11(3-14(19)29-15)13(26)8-28-17)5-12(10-6-23-24(2)7-10)25(9)16(27)18(20,21)22/h3,6-7,9,12-13,26H,4-5,8H2,1-2H3. The molecule has 11 heteroatoms. The fraction of sp³-hybridized carbons (Fsp3) is 0.556. The first-order valence-corrected chi connectivity index (χ1v) is 10.2. The number of carbonyl (C=O) groups is 1. The zero-order chi connectivity index (χ0) is 21.1. The second-order valence-electron chi connectivity index (χ2n) is 7.59. The third kappa shape index (κ3) is 3.45. The summed E-state index contributed by atoms with van der Waals surface area (Å²) in [7, 11) is 1.66. The minimum atomic E-state index is -4.99. The molecule has 0 bridgehead atoms. The number of rotatable bonds is 1. The summed E-state index contributed by atoms with van der Waals surface area (Å²) in [5, 5.41) is 14.3. The number of aromatic nitrogens is 2. The molecule has 0 aromatic carbocycles. The van der Waals surface area contributed by atoms with E-state index >= 15 is 0 Å². The van der Waals surface area contributed by atoms with Crippen LogP contribution in [0.5, 0.6) is 0 Å². The number of thiophene rings is 1. The smallest absolute Gasteiger partial charge is 0.386 e. The van der Waals surface area contributed by atoms with Crippen molar-refractivity contribution in [2.24, 2.45) is 7.05 Å². The number of fused-ring (bicyclic) bond motifs is 2. The number of nitrogens with zero attached hydrogens (tertiary/aromatic N) is 3. The minimum Gasteiger partial charge on any atom is -0.386 e. The number of amides is 1. The summed E-state index contributed by atoms with van der Waals surface area (Å²) in [6, 6.07) is 0.0330. The van der Waals surface area contributed by atoms with Gasteiger partial charge in [0.05, 0.1) is 23.2 Å². The van der Waals surface area contributed by atoms with Crippen LogP contribution in [-0.2, 0) is 22.2 Å². The van der Waals surface area contributed by atoms with Crippen molar-refractivity contribution in [3.8, 4) is 0 Å². The first-order chi connectivity index (χ1) is 13.5. The minimum absolute atomic E-state index is 0.0136. The highest BCUT2D eigenvalue weighted by Crippen LogP contribution is 2.54. The number of likely N-dealkylation sites (tertiary alicyclic amines) is 1. The van der Waals surface area contributed by atoms with Crippen LogP contribution in [0.2, 0.25) is 4.34 Å². The SMILES string of the molecule is CC1CC2(CC(c3cnn(C)c3)N1C(=O)C(F)(F)F)OCC(O)c1cc(Cl)sc12. The van der Waals surface area contributed by atoms with Crippen molar-refractivity contribution in [2.75, 3.05) is 6.61 Å². The van der Waals surface area contributed by atoms with E-state index in [0.717, 1.165) is 4.90 Å². The van der Waals surface area contributed by atoms with Crippen LogP contribution >= 0.6 is 22.9 Å². The molecule has 2 aromatic heterocycles. The lowest BCUT2D eigenvalue weighted by molar-refractivity contribution is -0.203. The number of ether oxygens (including phenoxy) is 1. The van der Waals surface area contributed by atoms with Crippen LogP contribution < -0.4 is 0 Å². The summed E-state index contributed by atoms with van der Waals surface area (Å²) in [6.07, 6.45) is -2.48. The molecule has 158 valence electrons. The van der Waals surface area contributed by atoms with E-state index in [4.69, 9.17) is 16.3 Å². The van der Waals surface area contributed by atoms with Crippen LogP contribution in [-0.4, -0.2) is 44.5 Å². The topological polar surface area (TPSA) is 67.6 Å². The maximum absolute atomic E-state index is 13.3. The molecule has 4 unspecified atom stereocenters. The molecule has 0 aliphatic carbocycles. The van der Waals surface area contributed by atoms with Crippen molar-refractivity contribution < 1.29 is 27.8 Å². The Morgan fingerprint density at radius 1 is 1.45 bits per heavy atom. The van der Waals surface area contributed by atoms with Crippen LogP contribution in [0.25, 0.3) is 0 Å². The van der Waals surface area contributed by atoms with Crippen LogP contribution in [0.3, 0.4) is 0 Å². The van der Waals surface area contributed by atoms with Gasteiger partial charge in [-0.1, -0.05) is 11.6 Å². The molecule has 1 N–H and O–H groups in total. The molecule has 1 spiro atoms. The Bertz CT molecular complexity index is 946. The van der Waals surface area contributed by atoms with Gasteiger partial charge < -0.3 is 14.7 Å². The molecule has 1 saturated heterocycles. The molecule has 1 fully saturated rings. The van der Waals surface area contributed by atoms with E-state index in [1.54, 1.807) is 26.2 Å². The Labute approximate surface area is 173 Å². The van der Waals surface area contributed by atoms with Gasteiger partial charge in [0.1, 0.15) is 11.7 Å². The molecule has 4 rings (SSSR count). The zero-order valence-corrected chi connectivity index (χ0v) is 17.2. The summed E-state index contributed by atoms with van der Waals surface area (Å²) in [5.74, 6) is -1.88. The van der Waals surface area contributed by atoms with E-state index < -0.39 is 35.9 Å². The average Bonchev–Trinajstić information content (AvgIpc) is 3.23. The van der Waals surface area contributed by atoms with Crippen molar-refractivity contribution in [3.63, 3.8) is 0 Å². The van der Waals surface area contributed by atoms with Gasteiger partial charge in [-0.05, 0) is 13.0 Å². The number of piperidine rings is 1. The summed E-state index contributed by atoms with van der Waals surface area (Å²) in [6.45, 7) is 1.59. The van der Waals surface area contributed by atoms with Gasteiger partial charge in [0.2, 0.25) is 0 Å². The highest BCUT2D eigenvalue weighted by Gasteiger charge is 2.55. The largest absolute Gasteiger partial charge is 0.471 e. The van der Waals surface area contributed by atoms with Crippen LogP contribution in [0, 0.1) is 0 Å². The van der Waals surface area contributed by atoms with E-state index in [0.29, 0.717) is 20.3 Å². The molecule has 2 aliphatic heterocycles. The van der Waals surface area contributed by atoms with Crippen molar-refractivity contribution in [1.82, 2.24) is 14.7 Å². The first-order valence-electron chi connectivity index (χ1n) is 9.01. The van der Waals surface area contributed by atoms with Crippen molar-refractivity contribution in [1.29, 1.82) is 0 Å². The molecular weight excluding hydrogens is 431 g/mol. The van der Waals surface area contributed by atoms with Gasteiger partial charge in [-0.15, -0.1) is 11.3 Å². The first kappa shape index (κ1) is 20.6. The lowest BCUT2D eigenvalue weighted by atomic mass is 9.77. The van der Waals surface area contributed by atoms with Crippen LogP contribution in [0.15, 0.2) is 18.5 Å². The van der Waals surface area contributed by atoms with Gasteiger partial charge in [0.25, 0.3) is 0 Å². The number of carbonyl (C=O) groups excluding carboxylic acids is 1. The van der Waals surface area contributed by atoms with Crippen LogP contribution in [0.4, 0.5) is 13.2 Å². The quantitative estimate of drug-likeness (QED) is 0.720. The normalized spacial score (nSPS) is 29.9. The van der Waals surface area contributed by atoms with Crippen molar-refractivity contribution in [2.45, 2.75) is 49.7 Å². The number of aryl methyl sites for hydroxylation is 1. The van der Waals surface area contributed by atoms with Gasteiger partial charge >= 0.3 is 12.1 Å². The highest BCUT2D eigenvalue weighted by atomic mass is 35.5. The summed E-state index contributed by atoms with van der Waals surface area (Å²) >= 11 is 7.43.